The van der Waals surface area contributed by atoms with Crippen LogP contribution in [0.1, 0.15) is 28.2 Å². The number of para-hydroxylation sites is 2. The molecule has 0 amide bonds. The number of fused-ring (bicyclic) bond motifs is 3. The SMILES string of the molecule is C1=C(C(c2c[nH]c3ccccc23)c2c[nH]c3ccccc23)c2ccccc2C1. The minimum Gasteiger partial charge on any atom is -0.361 e. The first-order chi connectivity index (χ1) is 13.9. The number of rotatable bonds is 3. The summed E-state index contributed by atoms with van der Waals surface area (Å²) in [6, 6.07) is 26.0. The Balaban J connectivity index is 1.64. The van der Waals surface area contributed by atoms with Gasteiger partial charge < -0.3 is 9.97 Å². The Bertz CT molecular complexity index is 1280. The Kier molecular flexibility index (Phi) is 3.33. The van der Waals surface area contributed by atoms with Gasteiger partial charge in [-0.05, 0) is 46.4 Å². The molecule has 0 aliphatic heterocycles. The summed E-state index contributed by atoms with van der Waals surface area (Å²) in [7, 11) is 0. The monoisotopic (exact) mass is 360 g/mol. The van der Waals surface area contributed by atoms with Crippen LogP contribution in [0.4, 0.5) is 0 Å². The van der Waals surface area contributed by atoms with E-state index in [0.29, 0.717) is 0 Å². The molecule has 2 N–H and O–H groups in total. The summed E-state index contributed by atoms with van der Waals surface area (Å²) in [5.74, 6) is 0.191. The van der Waals surface area contributed by atoms with Gasteiger partial charge in [0.2, 0.25) is 0 Å². The summed E-state index contributed by atoms with van der Waals surface area (Å²) >= 11 is 0. The Morgan fingerprint density at radius 2 is 1.21 bits per heavy atom. The molecular formula is C26H20N2. The lowest BCUT2D eigenvalue weighted by Crippen LogP contribution is -2.03. The maximum atomic E-state index is 3.49. The molecule has 28 heavy (non-hydrogen) atoms. The van der Waals surface area contributed by atoms with Gasteiger partial charge in [-0.2, -0.15) is 0 Å². The number of allylic oxidation sites excluding steroid dienone is 2. The Morgan fingerprint density at radius 3 is 1.89 bits per heavy atom. The normalized spacial score (nSPS) is 13.4. The summed E-state index contributed by atoms with van der Waals surface area (Å²) in [6.45, 7) is 0. The van der Waals surface area contributed by atoms with E-state index in [1.165, 1.54) is 49.6 Å². The first kappa shape index (κ1) is 15.5. The van der Waals surface area contributed by atoms with Gasteiger partial charge >= 0.3 is 0 Å². The molecule has 134 valence electrons. The van der Waals surface area contributed by atoms with Gasteiger partial charge in [-0.15, -0.1) is 0 Å². The van der Waals surface area contributed by atoms with Gasteiger partial charge in [0.15, 0.2) is 0 Å². The quantitative estimate of drug-likeness (QED) is 0.372. The summed E-state index contributed by atoms with van der Waals surface area (Å²) in [6.07, 6.45) is 7.81. The third-order valence-corrected chi connectivity index (χ3v) is 6.05. The van der Waals surface area contributed by atoms with Crippen molar-refractivity contribution < 1.29 is 0 Å². The molecule has 1 aliphatic carbocycles. The molecule has 3 aromatic carbocycles. The van der Waals surface area contributed by atoms with Crippen LogP contribution in [-0.2, 0) is 6.42 Å². The number of aromatic nitrogens is 2. The smallest absolute Gasteiger partial charge is 0.0457 e. The second-order valence-corrected chi connectivity index (χ2v) is 7.53. The fraction of sp³-hybridized carbons (Fsp3) is 0.0769. The predicted octanol–water partition coefficient (Wildman–Crippen LogP) is 6.42. The topological polar surface area (TPSA) is 31.6 Å². The molecular weight excluding hydrogens is 340 g/mol. The highest BCUT2D eigenvalue weighted by Gasteiger charge is 2.28. The number of hydrogen-bond acceptors (Lipinski definition) is 0. The third-order valence-electron chi connectivity index (χ3n) is 6.05. The largest absolute Gasteiger partial charge is 0.361 e. The van der Waals surface area contributed by atoms with E-state index in [-0.39, 0.29) is 5.92 Å². The van der Waals surface area contributed by atoms with E-state index in [4.69, 9.17) is 0 Å². The molecule has 2 heterocycles. The average molecular weight is 360 g/mol. The molecule has 0 atom stereocenters. The molecule has 6 rings (SSSR count). The van der Waals surface area contributed by atoms with E-state index >= 15 is 0 Å². The highest BCUT2D eigenvalue weighted by atomic mass is 14.7. The first-order valence-corrected chi connectivity index (χ1v) is 9.80. The van der Waals surface area contributed by atoms with Crippen molar-refractivity contribution in [1.29, 1.82) is 0 Å². The van der Waals surface area contributed by atoms with E-state index in [0.717, 1.165) is 6.42 Å². The maximum absolute atomic E-state index is 3.49. The highest BCUT2D eigenvalue weighted by molar-refractivity contribution is 5.94. The highest BCUT2D eigenvalue weighted by Crippen LogP contribution is 2.46. The number of benzene rings is 3. The van der Waals surface area contributed by atoms with Crippen LogP contribution < -0.4 is 0 Å². The molecule has 2 heteroatoms. The number of hydrogen-bond donors (Lipinski definition) is 2. The zero-order chi connectivity index (χ0) is 18.5. The fourth-order valence-electron chi connectivity index (χ4n) is 4.75. The lowest BCUT2D eigenvalue weighted by molar-refractivity contribution is 1.07. The van der Waals surface area contributed by atoms with E-state index in [9.17, 15) is 0 Å². The minimum absolute atomic E-state index is 0.191. The standard InChI is InChI=1S/C26H20N2/c1-2-8-18-17(7-1)13-14-21(18)26(22-15-27-24-11-5-3-9-19(22)24)23-16-28-25-12-6-4-10-20(23)25/h1-12,14-16,26-28H,13H2. The van der Waals surface area contributed by atoms with Crippen LogP contribution in [0.3, 0.4) is 0 Å². The van der Waals surface area contributed by atoms with Crippen molar-refractivity contribution in [3.63, 3.8) is 0 Å². The molecule has 0 spiro atoms. The van der Waals surface area contributed by atoms with Crippen molar-refractivity contribution in [2.75, 3.05) is 0 Å². The van der Waals surface area contributed by atoms with Crippen LogP contribution in [0.5, 0.6) is 0 Å². The van der Waals surface area contributed by atoms with Crippen molar-refractivity contribution in [3.8, 4) is 0 Å². The van der Waals surface area contributed by atoms with Gasteiger partial charge in [-0.3, -0.25) is 0 Å². The summed E-state index contributed by atoms with van der Waals surface area (Å²) in [4.78, 5) is 6.98. The molecule has 0 radical (unpaired) electrons. The molecule has 0 bridgehead atoms. The van der Waals surface area contributed by atoms with Crippen LogP contribution in [-0.4, -0.2) is 9.97 Å². The number of aromatic amines is 2. The molecule has 0 saturated carbocycles. The lowest BCUT2D eigenvalue weighted by Gasteiger charge is -2.20. The molecule has 1 aliphatic rings. The second kappa shape index (κ2) is 6.00. The number of H-pyrrole nitrogens is 2. The van der Waals surface area contributed by atoms with Gasteiger partial charge in [0.1, 0.15) is 0 Å². The van der Waals surface area contributed by atoms with Crippen molar-refractivity contribution in [1.82, 2.24) is 9.97 Å². The Hall–Kier alpha value is -3.52. The molecule has 5 aromatic rings. The molecule has 2 aromatic heterocycles. The van der Waals surface area contributed by atoms with Crippen LogP contribution in [0, 0.1) is 0 Å². The predicted molar refractivity (Wildman–Crippen MR) is 117 cm³/mol. The summed E-state index contributed by atoms with van der Waals surface area (Å²) < 4.78 is 0. The number of nitrogens with one attached hydrogen (secondary N) is 2. The zero-order valence-corrected chi connectivity index (χ0v) is 15.4. The van der Waals surface area contributed by atoms with Crippen LogP contribution in [0.2, 0.25) is 0 Å². The lowest BCUT2D eigenvalue weighted by atomic mass is 9.82. The fourth-order valence-corrected chi connectivity index (χ4v) is 4.75. The molecule has 0 fully saturated rings. The molecule has 0 unspecified atom stereocenters. The van der Waals surface area contributed by atoms with E-state index in [2.05, 4.69) is 101 Å². The van der Waals surface area contributed by atoms with Gasteiger partial charge in [0.25, 0.3) is 0 Å². The zero-order valence-electron chi connectivity index (χ0n) is 15.4. The van der Waals surface area contributed by atoms with Crippen LogP contribution in [0.15, 0.2) is 91.3 Å². The Morgan fingerprint density at radius 1 is 0.643 bits per heavy atom. The van der Waals surface area contributed by atoms with Crippen LogP contribution in [0.25, 0.3) is 27.4 Å². The summed E-state index contributed by atoms with van der Waals surface area (Å²) in [5, 5.41) is 2.59. The van der Waals surface area contributed by atoms with Crippen molar-refractivity contribution in [2.24, 2.45) is 0 Å². The van der Waals surface area contributed by atoms with E-state index in [1.54, 1.807) is 0 Å². The van der Waals surface area contributed by atoms with Gasteiger partial charge in [0, 0.05) is 40.1 Å². The molecule has 2 nitrogen and oxygen atoms in total. The van der Waals surface area contributed by atoms with Gasteiger partial charge in [0.05, 0.1) is 0 Å². The summed E-state index contributed by atoms with van der Waals surface area (Å²) in [5.41, 5.74) is 9.26. The first-order valence-electron chi connectivity index (χ1n) is 9.80. The van der Waals surface area contributed by atoms with E-state index < -0.39 is 0 Å². The average Bonchev–Trinajstić information content (AvgIpc) is 3.47. The third kappa shape index (κ3) is 2.21. The minimum atomic E-state index is 0.191. The van der Waals surface area contributed by atoms with Crippen molar-refractivity contribution >= 4 is 27.4 Å². The van der Waals surface area contributed by atoms with Gasteiger partial charge in [-0.1, -0.05) is 66.7 Å². The van der Waals surface area contributed by atoms with Crippen molar-refractivity contribution in [3.05, 3.63) is 114 Å². The van der Waals surface area contributed by atoms with Gasteiger partial charge in [-0.25, -0.2) is 0 Å². The Labute approximate surface area is 163 Å². The van der Waals surface area contributed by atoms with Crippen molar-refractivity contribution in [2.45, 2.75) is 12.3 Å². The van der Waals surface area contributed by atoms with Crippen LogP contribution >= 0.6 is 0 Å². The second-order valence-electron chi connectivity index (χ2n) is 7.53. The molecule has 0 saturated heterocycles. The van der Waals surface area contributed by atoms with E-state index in [1.807, 2.05) is 0 Å². The maximum Gasteiger partial charge on any atom is 0.0457 e.